The number of nitrogens with one attached hydrogen (secondary N) is 2. The molecule has 0 spiro atoms. The van der Waals surface area contributed by atoms with E-state index in [2.05, 4.69) is 10.6 Å². The molecule has 26 heavy (non-hydrogen) atoms. The molecule has 1 aliphatic rings. The monoisotopic (exact) mass is 390 g/mol. The fraction of sp³-hybridized carbons (Fsp3) is 0.263. The molecular weight excluding hydrogens is 372 g/mol. The van der Waals surface area contributed by atoms with Gasteiger partial charge in [-0.15, -0.1) is 11.8 Å². The summed E-state index contributed by atoms with van der Waals surface area (Å²) in [6.07, 6.45) is 0.741. The average Bonchev–Trinajstić information content (AvgIpc) is 2.64. The van der Waals surface area contributed by atoms with Crippen LogP contribution in [0.3, 0.4) is 0 Å². The van der Waals surface area contributed by atoms with Crippen molar-refractivity contribution in [3.8, 4) is 5.75 Å². The molecule has 2 aromatic carbocycles. The van der Waals surface area contributed by atoms with E-state index in [1.165, 1.54) is 11.8 Å². The summed E-state index contributed by atoms with van der Waals surface area (Å²) in [7, 11) is 0. The molecule has 1 atom stereocenters. The SMILES string of the molecule is O=C(CSCC(=O)N[C@H]1CCOc2ccccc21)Nc1ccc(Cl)cc1. The van der Waals surface area contributed by atoms with Crippen LogP contribution < -0.4 is 15.4 Å². The van der Waals surface area contributed by atoms with Gasteiger partial charge in [-0.1, -0.05) is 29.8 Å². The van der Waals surface area contributed by atoms with Crippen molar-refractivity contribution in [1.29, 1.82) is 0 Å². The van der Waals surface area contributed by atoms with Crippen LogP contribution in [-0.4, -0.2) is 29.9 Å². The molecule has 2 aromatic rings. The maximum atomic E-state index is 12.2. The number of benzene rings is 2. The lowest BCUT2D eigenvalue weighted by Gasteiger charge is -2.26. The van der Waals surface area contributed by atoms with Crippen LogP contribution in [0.2, 0.25) is 5.02 Å². The second kappa shape index (κ2) is 8.96. The van der Waals surface area contributed by atoms with E-state index in [1.54, 1.807) is 24.3 Å². The lowest BCUT2D eigenvalue weighted by Crippen LogP contribution is -2.33. The van der Waals surface area contributed by atoms with Crippen molar-refractivity contribution in [1.82, 2.24) is 5.32 Å². The van der Waals surface area contributed by atoms with Gasteiger partial charge in [0.15, 0.2) is 0 Å². The number of thioether (sulfide) groups is 1. The van der Waals surface area contributed by atoms with Crippen molar-refractivity contribution in [2.75, 3.05) is 23.4 Å². The normalized spacial score (nSPS) is 15.5. The molecule has 0 fully saturated rings. The highest BCUT2D eigenvalue weighted by molar-refractivity contribution is 8.00. The standard InChI is InChI=1S/C19H19ClN2O3S/c20-13-5-7-14(8-6-13)21-18(23)11-26-12-19(24)22-16-9-10-25-17-4-2-1-3-15(16)17/h1-8,16H,9-12H2,(H,21,23)(H,22,24)/t16-/m0/s1. The summed E-state index contributed by atoms with van der Waals surface area (Å²) in [6.45, 7) is 0.582. The second-order valence-corrected chi connectivity index (χ2v) is 7.26. The number of carbonyl (C=O) groups is 2. The molecule has 1 heterocycles. The van der Waals surface area contributed by atoms with E-state index in [0.717, 1.165) is 17.7 Å². The maximum absolute atomic E-state index is 12.2. The van der Waals surface area contributed by atoms with Gasteiger partial charge >= 0.3 is 0 Å². The zero-order valence-electron chi connectivity index (χ0n) is 14.0. The maximum Gasteiger partial charge on any atom is 0.234 e. The molecule has 2 amide bonds. The molecule has 136 valence electrons. The number of halogens is 1. The summed E-state index contributed by atoms with van der Waals surface area (Å²) in [6, 6.07) is 14.6. The first-order chi connectivity index (χ1) is 12.6. The Morgan fingerprint density at radius 3 is 2.62 bits per heavy atom. The summed E-state index contributed by atoms with van der Waals surface area (Å²) < 4.78 is 5.59. The lowest BCUT2D eigenvalue weighted by atomic mass is 10.0. The smallest absolute Gasteiger partial charge is 0.234 e. The van der Waals surface area contributed by atoms with Crippen LogP contribution in [0.15, 0.2) is 48.5 Å². The Hall–Kier alpha value is -2.18. The number of para-hydroxylation sites is 1. The zero-order valence-corrected chi connectivity index (χ0v) is 15.6. The first-order valence-electron chi connectivity index (χ1n) is 8.26. The van der Waals surface area contributed by atoms with E-state index in [1.807, 2.05) is 24.3 Å². The summed E-state index contributed by atoms with van der Waals surface area (Å²) in [4.78, 5) is 24.1. The zero-order chi connectivity index (χ0) is 18.4. The van der Waals surface area contributed by atoms with Gasteiger partial charge in [-0.05, 0) is 30.3 Å². The van der Waals surface area contributed by atoms with Gasteiger partial charge in [0.05, 0.1) is 24.2 Å². The lowest BCUT2D eigenvalue weighted by molar-refractivity contribution is -0.119. The largest absolute Gasteiger partial charge is 0.493 e. The van der Waals surface area contributed by atoms with E-state index in [0.29, 0.717) is 17.3 Å². The van der Waals surface area contributed by atoms with Crippen LogP contribution >= 0.6 is 23.4 Å². The van der Waals surface area contributed by atoms with Gasteiger partial charge in [0.1, 0.15) is 5.75 Å². The number of hydrogen-bond donors (Lipinski definition) is 2. The van der Waals surface area contributed by atoms with Crippen LogP contribution in [0.5, 0.6) is 5.75 Å². The Bertz CT molecular complexity index is 783. The number of hydrogen-bond acceptors (Lipinski definition) is 4. The van der Waals surface area contributed by atoms with Crippen molar-refractivity contribution >= 4 is 40.9 Å². The summed E-state index contributed by atoms with van der Waals surface area (Å²) in [5.74, 6) is 1.02. The van der Waals surface area contributed by atoms with Crippen LogP contribution in [0, 0.1) is 0 Å². The van der Waals surface area contributed by atoms with Gasteiger partial charge in [0.25, 0.3) is 0 Å². The molecule has 0 aromatic heterocycles. The van der Waals surface area contributed by atoms with Gasteiger partial charge in [0, 0.05) is 22.7 Å². The number of carbonyl (C=O) groups excluding carboxylic acids is 2. The predicted octanol–water partition coefficient (Wildman–Crippen LogP) is 3.65. The van der Waals surface area contributed by atoms with Crippen molar-refractivity contribution in [2.45, 2.75) is 12.5 Å². The first kappa shape index (κ1) is 18.6. The van der Waals surface area contributed by atoms with Gasteiger partial charge < -0.3 is 15.4 Å². The Labute approximate surface area is 161 Å². The predicted molar refractivity (Wildman–Crippen MR) is 105 cm³/mol. The minimum atomic E-state index is -0.151. The molecule has 0 unspecified atom stereocenters. The minimum absolute atomic E-state index is 0.0454. The molecule has 0 saturated carbocycles. The summed E-state index contributed by atoms with van der Waals surface area (Å²) >= 11 is 7.09. The van der Waals surface area contributed by atoms with Crippen molar-refractivity contribution in [3.63, 3.8) is 0 Å². The molecule has 0 radical (unpaired) electrons. The highest BCUT2D eigenvalue weighted by Gasteiger charge is 2.22. The number of amides is 2. The Kier molecular flexibility index (Phi) is 6.41. The third-order valence-corrected chi connectivity index (χ3v) is 5.07. The number of ether oxygens (including phenoxy) is 1. The van der Waals surface area contributed by atoms with Crippen LogP contribution in [-0.2, 0) is 9.59 Å². The first-order valence-corrected chi connectivity index (χ1v) is 9.79. The van der Waals surface area contributed by atoms with Crippen LogP contribution in [0.1, 0.15) is 18.0 Å². The highest BCUT2D eigenvalue weighted by Crippen LogP contribution is 2.31. The molecule has 5 nitrogen and oxygen atoms in total. The molecular formula is C19H19ClN2O3S. The van der Waals surface area contributed by atoms with Crippen molar-refractivity contribution in [3.05, 3.63) is 59.1 Å². The van der Waals surface area contributed by atoms with Gasteiger partial charge in [0.2, 0.25) is 11.8 Å². The number of rotatable bonds is 6. The van der Waals surface area contributed by atoms with Gasteiger partial charge in [-0.2, -0.15) is 0 Å². The van der Waals surface area contributed by atoms with E-state index in [4.69, 9.17) is 16.3 Å². The minimum Gasteiger partial charge on any atom is -0.493 e. The molecule has 1 aliphatic heterocycles. The van der Waals surface area contributed by atoms with Crippen molar-refractivity contribution < 1.29 is 14.3 Å². The van der Waals surface area contributed by atoms with Crippen molar-refractivity contribution in [2.24, 2.45) is 0 Å². The molecule has 3 rings (SSSR count). The third kappa shape index (κ3) is 5.16. The number of anilines is 1. The highest BCUT2D eigenvalue weighted by atomic mass is 35.5. The molecule has 7 heteroatoms. The average molecular weight is 391 g/mol. The Morgan fingerprint density at radius 2 is 1.81 bits per heavy atom. The summed E-state index contributed by atoms with van der Waals surface area (Å²) in [5, 5.41) is 6.40. The second-order valence-electron chi connectivity index (χ2n) is 5.84. The molecule has 0 bridgehead atoms. The third-order valence-electron chi connectivity index (χ3n) is 3.89. The van der Waals surface area contributed by atoms with Crippen LogP contribution in [0.25, 0.3) is 0 Å². The van der Waals surface area contributed by atoms with E-state index in [9.17, 15) is 9.59 Å². The molecule has 2 N–H and O–H groups in total. The Morgan fingerprint density at radius 1 is 1.08 bits per heavy atom. The Balaban J connectivity index is 1.42. The molecule has 0 aliphatic carbocycles. The van der Waals surface area contributed by atoms with Crippen LogP contribution in [0.4, 0.5) is 5.69 Å². The van der Waals surface area contributed by atoms with Gasteiger partial charge in [-0.3, -0.25) is 9.59 Å². The number of fused-ring (bicyclic) bond motifs is 1. The molecule has 0 saturated heterocycles. The fourth-order valence-electron chi connectivity index (χ4n) is 2.69. The fourth-order valence-corrected chi connectivity index (χ4v) is 3.45. The topological polar surface area (TPSA) is 67.4 Å². The van der Waals surface area contributed by atoms with E-state index < -0.39 is 0 Å². The quantitative estimate of drug-likeness (QED) is 0.790. The summed E-state index contributed by atoms with van der Waals surface area (Å²) in [5.41, 5.74) is 1.68. The van der Waals surface area contributed by atoms with Gasteiger partial charge in [-0.25, -0.2) is 0 Å². The van der Waals surface area contributed by atoms with E-state index >= 15 is 0 Å². The van der Waals surface area contributed by atoms with E-state index in [-0.39, 0.29) is 29.4 Å².